The first-order valence-electron chi connectivity index (χ1n) is 7.11. The van der Waals surface area contributed by atoms with E-state index in [1.54, 1.807) is 23.9 Å². The number of hydrogen-bond donors (Lipinski definition) is 2. The number of alkyl carbamates (subject to hydrolysis) is 1. The zero-order valence-corrected chi connectivity index (χ0v) is 13.0. The molecule has 1 heterocycles. The number of carbonyl (C=O) groups is 2. The van der Waals surface area contributed by atoms with E-state index < -0.39 is 17.6 Å². The molecule has 0 fully saturated rings. The van der Waals surface area contributed by atoms with Crippen LogP contribution in [-0.2, 0) is 22.7 Å². The molecule has 1 aromatic heterocycles. The second kappa shape index (κ2) is 6.95. The summed E-state index contributed by atoms with van der Waals surface area (Å²) in [6.07, 6.45) is 2.45. The van der Waals surface area contributed by atoms with Crippen LogP contribution in [0.3, 0.4) is 0 Å². The normalized spacial score (nSPS) is 13.1. The van der Waals surface area contributed by atoms with Gasteiger partial charge in [-0.25, -0.2) is 14.6 Å². The van der Waals surface area contributed by atoms with Gasteiger partial charge in [0.1, 0.15) is 12.4 Å². The first kappa shape index (κ1) is 16.5. The van der Waals surface area contributed by atoms with Crippen molar-refractivity contribution in [1.29, 1.82) is 0 Å². The predicted molar refractivity (Wildman–Crippen MR) is 82.8 cm³/mol. The maximum Gasteiger partial charge on any atom is 0.408 e. The molecule has 7 heteroatoms. The molecule has 0 radical (unpaired) electrons. The minimum Gasteiger partial charge on any atom is -0.479 e. The Hall–Kier alpha value is -2.83. The van der Waals surface area contributed by atoms with E-state index >= 15 is 0 Å². The molecule has 2 aromatic rings. The van der Waals surface area contributed by atoms with E-state index in [0.717, 1.165) is 5.56 Å². The van der Waals surface area contributed by atoms with Gasteiger partial charge in [0.05, 0.1) is 6.54 Å². The van der Waals surface area contributed by atoms with Crippen LogP contribution in [0.2, 0.25) is 0 Å². The monoisotopic (exact) mass is 317 g/mol. The Labute approximate surface area is 133 Å². The fourth-order valence-electron chi connectivity index (χ4n) is 2.06. The number of carbonyl (C=O) groups excluding carboxylic acids is 1. The number of carboxylic acids is 1. The van der Waals surface area contributed by atoms with Crippen LogP contribution in [0.1, 0.15) is 18.3 Å². The highest BCUT2D eigenvalue weighted by Crippen LogP contribution is 2.11. The number of hydrogen-bond acceptors (Lipinski definition) is 4. The van der Waals surface area contributed by atoms with Crippen LogP contribution in [-0.4, -0.2) is 32.3 Å². The second-order valence-electron chi connectivity index (χ2n) is 5.43. The largest absolute Gasteiger partial charge is 0.479 e. The SMILES string of the molecule is Cc1nccn1CC(C)(NC(=O)OCc1ccccc1)C(=O)O. The highest BCUT2D eigenvalue weighted by atomic mass is 16.5. The van der Waals surface area contributed by atoms with Gasteiger partial charge < -0.3 is 19.7 Å². The quantitative estimate of drug-likeness (QED) is 0.849. The lowest BCUT2D eigenvalue weighted by molar-refractivity contribution is -0.144. The Morgan fingerprint density at radius 1 is 1.35 bits per heavy atom. The summed E-state index contributed by atoms with van der Waals surface area (Å²) in [4.78, 5) is 27.5. The van der Waals surface area contributed by atoms with Gasteiger partial charge in [-0.05, 0) is 19.4 Å². The van der Waals surface area contributed by atoms with E-state index in [-0.39, 0.29) is 13.2 Å². The van der Waals surface area contributed by atoms with Gasteiger partial charge >= 0.3 is 12.1 Å². The Bertz CT molecular complexity index is 684. The molecule has 0 bridgehead atoms. The number of rotatable bonds is 6. The number of nitrogens with zero attached hydrogens (tertiary/aromatic N) is 2. The number of amides is 1. The van der Waals surface area contributed by atoms with Crippen molar-refractivity contribution < 1.29 is 19.4 Å². The third-order valence-corrected chi connectivity index (χ3v) is 3.47. The number of aliphatic carboxylic acids is 1. The molecular weight excluding hydrogens is 298 g/mol. The number of benzene rings is 1. The van der Waals surface area contributed by atoms with Crippen molar-refractivity contribution in [2.24, 2.45) is 0 Å². The fraction of sp³-hybridized carbons (Fsp3) is 0.312. The van der Waals surface area contributed by atoms with Gasteiger partial charge in [0.25, 0.3) is 0 Å². The van der Waals surface area contributed by atoms with Gasteiger partial charge in [0, 0.05) is 12.4 Å². The minimum atomic E-state index is -1.50. The molecule has 1 amide bonds. The third kappa shape index (κ3) is 4.32. The highest BCUT2D eigenvalue weighted by molar-refractivity contribution is 5.83. The van der Waals surface area contributed by atoms with E-state index in [2.05, 4.69) is 10.3 Å². The van der Waals surface area contributed by atoms with Gasteiger partial charge in [-0.15, -0.1) is 0 Å². The summed E-state index contributed by atoms with van der Waals surface area (Å²) in [7, 11) is 0. The summed E-state index contributed by atoms with van der Waals surface area (Å²) in [5, 5.41) is 11.9. The number of carboxylic acid groups (broad SMARTS) is 1. The molecule has 7 nitrogen and oxygen atoms in total. The zero-order chi connectivity index (χ0) is 16.9. The van der Waals surface area contributed by atoms with Gasteiger partial charge in [-0.3, -0.25) is 0 Å². The summed E-state index contributed by atoms with van der Waals surface area (Å²) in [5.74, 6) is -0.487. The summed E-state index contributed by atoms with van der Waals surface area (Å²) in [6, 6.07) is 9.16. The van der Waals surface area contributed by atoms with Crippen molar-refractivity contribution in [2.45, 2.75) is 32.5 Å². The molecule has 0 aliphatic rings. The summed E-state index contributed by atoms with van der Waals surface area (Å²) >= 11 is 0. The average Bonchev–Trinajstić information content (AvgIpc) is 2.91. The molecule has 122 valence electrons. The van der Waals surface area contributed by atoms with Gasteiger partial charge in [0.15, 0.2) is 5.54 Å². The average molecular weight is 317 g/mol. The van der Waals surface area contributed by atoms with Crippen molar-refractivity contribution in [3.8, 4) is 0 Å². The summed E-state index contributed by atoms with van der Waals surface area (Å²) in [6.45, 7) is 3.32. The van der Waals surface area contributed by atoms with Crippen LogP contribution >= 0.6 is 0 Å². The molecule has 0 saturated heterocycles. The lowest BCUT2D eigenvalue weighted by Gasteiger charge is -2.26. The minimum absolute atomic E-state index is 0.0502. The van der Waals surface area contributed by atoms with Crippen molar-refractivity contribution in [3.05, 3.63) is 54.1 Å². The molecule has 2 rings (SSSR count). The van der Waals surface area contributed by atoms with E-state index in [1.165, 1.54) is 6.92 Å². The van der Waals surface area contributed by atoms with Crippen LogP contribution in [0.15, 0.2) is 42.7 Å². The van der Waals surface area contributed by atoms with Gasteiger partial charge in [-0.2, -0.15) is 0 Å². The van der Waals surface area contributed by atoms with E-state index in [9.17, 15) is 14.7 Å². The summed E-state index contributed by atoms with van der Waals surface area (Å²) < 4.78 is 6.74. The van der Waals surface area contributed by atoms with Crippen molar-refractivity contribution in [3.63, 3.8) is 0 Å². The molecule has 0 aliphatic carbocycles. The standard InChI is InChI=1S/C16H19N3O4/c1-12-17-8-9-19(12)11-16(2,14(20)21)18-15(22)23-10-13-6-4-3-5-7-13/h3-9H,10-11H2,1-2H3,(H,18,22)(H,20,21). The van der Waals surface area contributed by atoms with Crippen LogP contribution in [0.5, 0.6) is 0 Å². The second-order valence-corrected chi connectivity index (χ2v) is 5.43. The smallest absolute Gasteiger partial charge is 0.408 e. The van der Waals surface area contributed by atoms with Crippen molar-refractivity contribution in [1.82, 2.24) is 14.9 Å². The maximum atomic E-state index is 11.9. The molecule has 23 heavy (non-hydrogen) atoms. The Kier molecular flexibility index (Phi) is 5.00. The van der Waals surface area contributed by atoms with E-state index in [0.29, 0.717) is 5.82 Å². The van der Waals surface area contributed by atoms with Crippen molar-refractivity contribution >= 4 is 12.1 Å². The van der Waals surface area contributed by atoms with Crippen LogP contribution in [0.25, 0.3) is 0 Å². The fourth-order valence-corrected chi connectivity index (χ4v) is 2.06. The lowest BCUT2D eigenvalue weighted by Crippen LogP contribution is -2.55. The topological polar surface area (TPSA) is 93.5 Å². The Morgan fingerprint density at radius 2 is 2.04 bits per heavy atom. The number of ether oxygens (including phenoxy) is 1. The highest BCUT2D eigenvalue weighted by Gasteiger charge is 2.36. The maximum absolute atomic E-state index is 11.9. The molecular formula is C16H19N3O4. The molecule has 0 saturated carbocycles. The van der Waals surface area contributed by atoms with Crippen LogP contribution < -0.4 is 5.32 Å². The molecule has 2 N–H and O–H groups in total. The number of aryl methyl sites for hydroxylation is 1. The number of aromatic nitrogens is 2. The number of nitrogens with one attached hydrogen (secondary N) is 1. The molecule has 1 unspecified atom stereocenters. The summed E-state index contributed by atoms with van der Waals surface area (Å²) in [5.41, 5.74) is -0.677. The first-order chi connectivity index (χ1) is 10.9. The third-order valence-electron chi connectivity index (χ3n) is 3.47. The Balaban J connectivity index is 1.99. The van der Waals surface area contributed by atoms with E-state index in [4.69, 9.17) is 4.74 Å². The Morgan fingerprint density at radius 3 is 2.61 bits per heavy atom. The van der Waals surface area contributed by atoms with Crippen LogP contribution in [0, 0.1) is 6.92 Å². The van der Waals surface area contributed by atoms with Gasteiger partial charge in [-0.1, -0.05) is 30.3 Å². The molecule has 1 aromatic carbocycles. The first-order valence-corrected chi connectivity index (χ1v) is 7.11. The van der Waals surface area contributed by atoms with Crippen LogP contribution in [0.4, 0.5) is 4.79 Å². The van der Waals surface area contributed by atoms with Gasteiger partial charge in [0.2, 0.25) is 0 Å². The molecule has 0 aliphatic heterocycles. The number of imidazole rings is 1. The van der Waals surface area contributed by atoms with Crippen molar-refractivity contribution in [2.75, 3.05) is 0 Å². The lowest BCUT2D eigenvalue weighted by atomic mass is 10.0. The zero-order valence-electron chi connectivity index (χ0n) is 13.0. The predicted octanol–water partition coefficient (Wildman–Crippen LogP) is 1.96. The molecule has 0 spiro atoms. The van der Waals surface area contributed by atoms with E-state index in [1.807, 2.05) is 30.3 Å². The molecule has 1 atom stereocenters.